The van der Waals surface area contributed by atoms with Gasteiger partial charge in [0.15, 0.2) is 5.78 Å². The molecule has 0 aromatic heterocycles. The van der Waals surface area contributed by atoms with Crippen molar-refractivity contribution in [1.29, 1.82) is 0 Å². The fourth-order valence-corrected chi connectivity index (χ4v) is 2.56. The standard InChI is InChI=1S/C12H20O2/c1-14-12(10-7-8-10)11(13)9-5-3-2-4-6-9/h9-10,12H,2-8H2,1H3. The molecule has 0 heterocycles. The van der Waals surface area contributed by atoms with E-state index in [-0.39, 0.29) is 6.10 Å². The van der Waals surface area contributed by atoms with Crippen LogP contribution >= 0.6 is 0 Å². The molecule has 2 rings (SSSR count). The zero-order valence-electron chi connectivity index (χ0n) is 9.00. The number of Topliss-reactive ketones (excluding diaryl/α,β-unsaturated/α-hetero) is 1. The molecule has 2 aliphatic rings. The molecule has 2 aliphatic carbocycles. The molecule has 0 N–H and O–H groups in total. The van der Waals surface area contributed by atoms with E-state index in [1.807, 2.05) is 0 Å². The summed E-state index contributed by atoms with van der Waals surface area (Å²) in [5, 5.41) is 0. The fraction of sp³-hybridized carbons (Fsp3) is 0.917. The molecule has 0 amide bonds. The maximum absolute atomic E-state index is 12.1. The van der Waals surface area contributed by atoms with Crippen LogP contribution in [0.15, 0.2) is 0 Å². The Morgan fingerprint density at radius 3 is 2.29 bits per heavy atom. The van der Waals surface area contributed by atoms with E-state index in [4.69, 9.17) is 4.74 Å². The first-order valence-corrected chi connectivity index (χ1v) is 5.89. The quantitative estimate of drug-likeness (QED) is 0.690. The first kappa shape index (κ1) is 10.2. The van der Waals surface area contributed by atoms with E-state index in [0.717, 1.165) is 12.8 Å². The van der Waals surface area contributed by atoms with Gasteiger partial charge in [-0.1, -0.05) is 19.3 Å². The summed E-state index contributed by atoms with van der Waals surface area (Å²) in [6.07, 6.45) is 8.29. The summed E-state index contributed by atoms with van der Waals surface area (Å²) >= 11 is 0. The topological polar surface area (TPSA) is 26.3 Å². The van der Waals surface area contributed by atoms with Crippen molar-refractivity contribution in [2.75, 3.05) is 7.11 Å². The highest BCUT2D eigenvalue weighted by Crippen LogP contribution is 2.37. The number of hydrogen-bond donors (Lipinski definition) is 0. The van der Waals surface area contributed by atoms with E-state index in [2.05, 4.69) is 0 Å². The highest BCUT2D eigenvalue weighted by Gasteiger charge is 2.39. The molecule has 0 aromatic carbocycles. The average molecular weight is 196 g/mol. The van der Waals surface area contributed by atoms with Crippen molar-refractivity contribution in [3.05, 3.63) is 0 Å². The van der Waals surface area contributed by atoms with Gasteiger partial charge in [0.1, 0.15) is 6.10 Å². The molecular formula is C12H20O2. The van der Waals surface area contributed by atoms with Gasteiger partial charge >= 0.3 is 0 Å². The predicted molar refractivity (Wildman–Crippen MR) is 55.1 cm³/mol. The molecule has 0 saturated heterocycles. The van der Waals surface area contributed by atoms with E-state index in [9.17, 15) is 4.79 Å². The van der Waals surface area contributed by atoms with Crippen LogP contribution in [-0.4, -0.2) is 19.0 Å². The second kappa shape index (κ2) is 4.43. The lowest BCUT2D eigenvalue weighted by Gasteiger charge is -2.24. The monoisotopic (exact) mass is 196 g/mol. The predicted octanol–water partition coefficient (Wildman–Crippen LogP) is 2.56. The maximum atomic E-state index is 12.1. The van der Waals surface area contributed by atoms with Crippen molar-refractivity contribution in [3.8, 4) is 0 Å². The van der Waals surface area contributed by atoms with Gasteiger partial charge in [0.25, 0.3) is 0 Å². The van der Waals surface area contributed by atoms with Crippen molar-refractivity contribution in [3.63, 3.8) is 0 Å². The lowest BCUT2D eigenvalue weighted by Crippen LogP contribution is -2.32. The molecule has 2 fully saturated rings. The zero-order chi connectivity index (χ0) is 9.97. The molecule has 2 nitrogen and oxygen atoms in total. The molecule has 14 heavy (non-hydrogen) atoms. The second-order valence-corrected chi connectivity index (χ2v) is 4.73. The van der Waals surface area contributed by atoms with Gasteiger partial charge in [-0.2, -0.15) is 0 Å². The van der Waals surface area contributed by atoms with Gasteiger partial charge in [-0.15, -0.1) is 0 Å². The van der Waals surface area contributed by atoms with Gasteiger partial charge < -0.3 is 4.74 Å². The third-order valence-electron chi connectivity index (χ3n) is 3.59. The van der Waals surface area contributed by atoms with Crippen LogP contribution in [0, 0.1) is 11.8 Å². The minimum absolute atomic E-state index is 0.0712. The Bertz CT molecular complexity index is 202. The molecule has 0 bridgehead atoms. The second-order valence-electron chi connectivity index (χ2n) is 4.73. The summed E-state index contributed by atoms with van der Waals surface area (Å²) < 4.78 is 5.34. The van der Waals surface area contributed by atoms with Crippen LogP contribution in [0.1, 0.15) is 44.9 Å². The molecule has 2 heteroatoms. The molecule has 1 atom stereocenters. The first-order valence-electron chi connectivity index (χ1n) is 5.89. The van der Waals surface area contributed by atoms with Crippen molar-refractivity contribution in [2.24, 2.45) is 11.8 Å². The van der Waals surface area contributed by atoms with E-state index in [1.165, 1.54) is 32.1 Å². The van der Waals surface area contributed by atoms with Crippen LogP contribution in [-0.2, 0) is 9.53 Å². The van der Waals surface area contributed by atoms with E-state index in [1.54, 1.807) is 7.11 Å². The van der Waals surface area contributed by atoms with Gasteiger partial charge in [-0.05, 0) is 31.6 Å². The van der Waals surface area contributed by atoms with Crippen molar-refractivity contribution < 1.29 is 9.53 Å². The Hall–Kier alpha value is -0.370. The SMILES string of the molecule is COC(C(=O)C1CCCCC1)C1CC1. The maximum Gasteiger partial charge on any atom is 0.164 e. The third-order valence-corrected chi connectivity index (χ3v) is 3.59. The number of carbonyl (C=O) groups excluding carboxylic acids is 1. The zero-order valence-corrected chi connectivity index (χ0v) is 9.00. The van der Waals surface area contributed by atoms with Crippen molar-refractivity contribution >= 4 is 5.78 Å². The molecule has 2 saturated carbocycles. The number of ketones is 1. The van der Waals surface area contributed by atoms with Gasteiger partial charge in [0.2, 0.25) is 0 Å². The summed E-state index contributed by atoms with van der Waals surface area (Å²) in [5.74, 6) is 1.26. The highest BCUT2D eigenvalue weighted by atomic mass is 16.5. The smallest absolute Gasteiger partial charge is 0.164 e. The molecule has 0 radical (unpaired) electrons. The Balaban J connectivity index is 1.90. The minimum atomic E-state index is -0.0712. The van der Waals surface area contributed by atoms with Gasteiger partial charge in [0, 0.05) is 13.0 Å². The first-order chi connectivity index (χ1) is 6.83. The summed E-state index contributed by atoms with van der Waals surface area (Å²) in [4.78, 5) is 12.1. The lowest BCUT2D eigenvalue weighted by molar-refractivity contribution is -0.135. The van der Waals surface area contributed by atoms with E-state index < -0.39 is 0 Å². The normalized spacial score (nSPS) is 26.1. The number of methoxy groups -OCH3 is 1. The average Bonchev–Trinajstić information content (AvgIpc) is 3.04. The number of ether oxygens (including phenoxy) is 1. The Morgan fingerprint density at radius 1 is 1.14 bits per heavy atom. The molecular weight excluding hydrogens is 176 g/mol. The van der Waals surface area contributed by atoms with Gasteiger partial charge in [-0.25, -0.2) is 0 Å². The van der Waals surface area contributed by atoms with Crippen LogP contribution in [0.5, 0.6) is 0 Å². The molecule has 0 aromatic rings. The van der Waals surface area contributed by atoms with E-state index >= 15 is 0 Å². The molecule has 1 unspecified atom stereocenters. The van der Waals surface area contributed by atoms with Crippen LogP contribution in [0.4, 0.5) is 0 Å². The van der Waals surface area contributed by atoms with E-state index in [0.29, 0.717) is 17.6 Å². The highest BCUT2D eigenvalue weighted by molar-refractivity contribution is 5.86. The minimum Gasteiger partial charge on any atom is -0.373 e. The van der Waals surface area contributed by atoms with Crippen LogP contribution in [0.2, 0.25) is 0 Å². The summed E-state index contributed by atoms with van der Waals surface area (Å²) in [5.41, 5.74) is 0. The number of hydrogen-bond acceptors (Lipinski definition) is 2. The number of carbonyl (C=O) groups is 1. The van der Waals surface area contributed by atoms with Gasteiger partial charge in [0.05, 0.1) is 0 Å². The van der Waals surface area contributed by atoms with Crippen LogP contribution in [0.25, 0.3) is 0 Å². The molecule has 0 aliphatic heterocycles. The van der Waals surface area contributed by atoms with Crippen molar-refractivity contribution in [2.45, 2.75) is 51.0 Å². The Labute approximate surface area is 86.0 Å². The summed E-state index contributed by atoms with van der Waals surface area (Å²) in [7, 11) is 1.68. The molecule has 80 valence electrons. The Morgan fingerprint density at radius 2 is 1.79 bits per heavy atom. The van der Waals surface area contributed by atoms with Crippen LogP contribution in [0.3, 0.4) is 0 Å². The summed E-state index contributed by atoms with van der Waals surface area (Å²) in [6.45, 7) is 0. The fourth-order valence-electron chi connectivity index (χ4n) is 2.56. The summed E-state index contributed by atoms with van der Waals surface area (Å²) in [6, 6.07) is 0. The third kappa shape index (κ3) is 2.17. The van der Waals surface area contributed by atoms with Gasteiger partial charge in [-0.3, -0.25) is 4.79 Å². The number of rotatable bonds is 4. The van der Waals surface area contributed by atoms with Crippen LogP contribution < -0.4 is 0 Å². The Kier molecular flexibility index (Phi) is 3.22. The molecule has 0 spiro atoms. The van der Waals surface area contributed by atoms with Crippen molar-refractivity contribution in [1.82, 2.24) is 0 Å². The lowest BCUT2D eigenvalue weighted by atomic mass is 9.83. The largest absolute Gasteiger partial charge is 0.373 e.